The van der Waals surface area contributed by atoms with Gasteiger partial charge in [0.15, 0.2) is 4.27 Å². The lowest BCUT2D eigenvalue weighted by Gasteiger charge is -2.52. The standard InChI is InChI=1S/C12H22O2S2/c1-10-6-4-7-14-11(10,2)12(13-3)15-8-5-9-16-12/h10H,4-9H2,1-3H3/t10-,11-/m1/s1. The Morgan fingerprint density at radius 2 is 1.94 bits per heavy atom. The molecule has 0 radical (unpaired) electrons. The minimum absolute atomic E-state index is 0.143. The van der Waals surface area contributed by atoms with Crippen LogP contribution >= 0.6 is 23.5 Å². The van der Waals surface area contributed by atoms with Gasteiger partial charge in [0.2, 0.25) is 0 Å². The highest BCUT2D eigenvalue weighted by Crippen LogP contribution is 2.55. The molecule has 2 fully saturated rings. The lowest BCUT2D eigenvalue weighted by molar-refractivity contribution is -0.158. The Balaban J connectivity index is 2.23. The first-order valence-electron chi connectivity index (χ1n) is 6.12. The highest BCUT2D eigenvalue weighted by molar-refractivity contribution is 8.18. The number of hydrogen-bond acceptors (Lipinski definition) is 4. The maximum absolute atomic E-state index is 6.14. The second-order valence-corrected chi connectivity index (χ2v) is 7.61. The molecule has 0 aromatic carbocycles. The van der Waals surface area contributed by atoms with Crippen LogP contribution in [0.4, 0.5) is 0 Å². The summed E-state index contributed by atoms with van der Waals surface area (Å²) >= 11 is 3.87. The minimum atomic E-state index is -0.189. The first kappa shape index (κ1) is 13.1. The molecule has 0 spiro atoms. The van der Waals surface area contributed by atoms with Crippen LogP contribution < -0.4 is 0 Å². The van der Waals surface area contributed by atoms with E-state index in [1.54, 1.807) is 0 Å². The van der Waals surface area contributed by atoms with E-state index in [0.717, 1.165) is 6.61 Å². The molecule has 2 saturated heterocycles. The minimum Gasteiger partial charge on any atom is -0.370 e. The molecule has 2 aliphatic rings. The Hall–Kier alpha value is 0.620. The van der Waals surface area contributed by atoms with Crippen LogP contribution in [0.3, 0.4) is 0 Å². The van der Waals surface area contributed by atoms with Crippen molar-refractivity contribution in [1.29, 1.82) is 0 Å². The first-order valence-corrected chi connectivity index (χ1v) is 8.09. The number of ether oxygens (including phenoxy) is 2. The summed E-state index contributed by atoms with van der Waals surface area (Å²) in [5, 5.41) is 0. The van der Waals surface area contributed by atoms with Gasteiger partial charge in [0.1, 0.15) is 5.60 Å². The van der Waals surface area contributed by atoms with Gasteiger partial charge in [-0.1, -0.05) is 6.92 Å². The Kier molecular flexibility index (Phi) is 4.15. The summed E-state index contributed by atoms with van der Waals surface area (Å²) in [4.78, 5) is 0. The van der Waals surface area contributed by atoms with Gasteiger partial charge in [-0.05, 0) is 43.6 Å². The topological polar surface area (TPSA) is 18.5 Å². The van der Waals surface area contributed by atoms with Crippen molar-refractivity contribution in [3.8, 4) is 0 Å². The van der Waals surface area contributed by atoms with Crippen molar-refractivity contribution in [1.82, 2.24) is 0 Å². The maximum atomic E-state index is 6.14. The molecule has 0 bridgehead atoms. The van der Waals surface area contributed by atoms with Crippen molar-refractivity contribution in [2.24, 2.45) is 5.92 Å². The van der Waals surface area contributed by atoms with Gasteiger partial charge in [-0.3, -0.25) is 0 Å². The lowest BCUT2D eigenvalue weighted by Crippen LogP contribution is -2.57. The van der Waals surface area contributed by atoms with Gasteiger partial charge in [-0.2, -0.15) is 0 Å². The molecule has 0 N–H and O–H groups in total. The summed E-state index contributed by atoms with van der Waals surface area (Å²) in [6.45, 7) is 5.42. The van der Waals surface area contributed by atoms with E-state index in [2.05, 4.69) is 13.8 Å². The fourth-order valence-corrected chi connectivity index (χ4v) is 6.06. The Morgan fingerprint density at radius 1 is 1.25 bits per heavy atom. The molecule has 0 aliphatic carbocycles. The monoisotopic (exact) mass is 262 g/mol. The molecule has 94 valence electrons. The SMILES string of the molecule is COC1([C@]2(C)OCCC[C@H]2C)SCCCS1. The second-order valence-electron chi connectivity index (χ2n) is 4.81. The lowest BCUT2D eigenvalue weighted by atomic mass is 9.85. The molecule has 2 aliphatic heterocycles. The van der Waals surface area contributed by atoms with E-state index in [9.17, 15) is 0 Å². The van der Waals surface area contributed by atoms with E-state index in [1.165, 1.54) is 30.8 Å². The van der Waals surface area contributed by atoms with Gasteiger partial charge in [-0.25, -0.2) is 0 Å². The van der Waals surface area contributed by atoms with Gasteiger partial charge < -0.3 is 9.47 Å². The number of thioether (sulfide) groups is 2. The average molecular weight is 262 g/mol. The van der Waals surface area contributed by atoms with Crippen molar-refractivity contribution < 1.29 is 9.47 Å². The zero-order valence-corrected chi connectivity index (χ0v) is 12.1. The fraction of sp³-hybridized carbons (Fsp3) is 1.00. The van der Waals surface area contributed by atoms with E-state index in [1.807, 2.05) is 30.6 Å². The summed E-state index contributed by atoms with van der Waals surface area (Å²) in [5.41, 5.74) is -0.143. The van der Waals surface area contributed by atoms with E-state index in [4.69, 9.17) is 9.47 Å². The summed E-state index contributed by atoms with van der Waals surface area (Å²) in [5.74, 6) is 2.94. The van der Waals surface area contributed by atoms with Crippen LogP contribution in [0.25, 0.3) is 0 Å². The van der Waals surface area contributed by atoms with Crippen LogP contribution in [0.2, 0.25) is 0 Å². The molecule has 2 heterocycles. The number of methoxy groups -OCH3 is 1. The smallest absolute Gasteiger partial charge is 0.189 e. The molecule has 16 heavy (non-hydrogen) atoms. The third-order valence-electron chi connectivity index (χ3n) is 3.87. The summed E-state index contributed by atoms with van der Waals surface area (Å²) in [7, 11) is 1.83. The van der Waals surface area contributed by atoms with E-state index >= 15 is 0 Å². The quantitative estimate of drug-likeness (QED) is 0.759. The summed E-state index contributed by atoms with van der Waals surface area (Å²) < 4.78 is 11.8. The van der Waals surface area contributed by atoms with E-state index < -0.39 is 0 Å². The molecule has 0 saturated carbocycles. The third-order valence-corrected chi connectivity index (χ3v) is 7.47. The Bertz CT molecular complexity index is 236. The van der Waals surface area contributed by atoms with Crippen LogP contribution in [0.15, 0.2) is 0 Å². The third kappa shape index (κ3) is 2.02. The molecule has 0 aromatic rings. The van der Waals surface area contributed by atoms with Crippen molar-refractivity contribution >= 4 is 23.5 Å². The molecule has 0 aromatic heterocycles. The maximum Gasteiger partial charge on any atom is 0.189 e. The molecule has 2 atom stereocenters. The van der Waals surface area contributed by atoms with Crippen molar-refractivity contribution in [2.75, 3.05) is 25.2 Å². The van der Waals surface area contributed by atoms with Crippen molar-refractivity contribution in [3.63, 3.8) is 0 Å². The zero-order chi connectivity index (χ0) is 11.6. The summed E-state index contributed by atoms with van der Waals surface area (Å²) in [6.07, 6.45) is 3.72. The van der Waals surface area contributed by atoms with Crippen LogP contribution in [-0.2, 0) is 9.47 Å². The Labute approximate surface area is 107 Å². The number of rotatable bonds is 2. The highest BCUT2D eigenvalue weighted by atomic mass is 32.2. The van der Waals surface area contributed by atoms with Crippen molar-refractivity contribution in [2.45, 2.75) is 43.0 Å². The zero-order valence-electron chi connectivity index (χ0n) is 10.5. The highest BCUT2D eigenvalue weighted by Gasteiger charge is 2.55. The molecular formula is C12H22O2S2. The number of hydrogen-bond donors (Lipinski definition) is 0. The molecular weight excluding hydrogens is 240 g/mol. The van der Waals surface area contributed by atoms with Gasteiger partial charge in [0.25, 0.3) is 0 Å². The average Bonchev–Trinajstić information content (AvgIpc) is 2.34. The van der Waals surface area contributed by atoms with Gasteiger partial charge in [0.05, 0.1) is 0 Å². The molecule has 2 nitrogen and oxygen atoms in total. The Morgan fingerprint density at radius 3 is 2.50 bits per heavy atom. The van der Waals surface area contributed by atoms with Crippen LogP contribution in [0.1, 0.15) is 33.1 Å². The second kappa shape index (κ2) is 5.09. The van der Waals surface area contributed by atoms with Crippen LogP contribution in [-0.4, -0.2) is 35.1 Å². The van der Waals surface area contributed by atoms with Gasteiger partial charge in [-0.15, -0.1) is 23.5 Å². The van der Waals surface area contributed by atoms with E-state index in [-0.39, 0.29) is 9.87 Å². The van der Waals surface area contributed by atoms with E-state index in [0.29, 0.717) is 5.92 Å². The molecule has 2 rings (SSSR count). The summed E-state index contributed by atoms with van der Waals surface area (Å²) in [6, 6.07) is 0. The molecule has 4 heteroatoms. The van der Waals surface area contributed by atoms with Crippen molar-refractivity contribution in [3.05, 3.63) is 0 Å². The fourth-order valence-electron chi connectivity index (χ4n) is 2.60. The molecule has 0 amide bonds. The van der Waals surface area contributed by atoms with Gasteiger partial charge in [0, 0.05) is 13.7 Å². The largest absolute Gasteiger partial charge is 0.370 e. The van der Waals surface area contributed by atoms with Crippen LogP contribution in [0, 0.1) is 5.92 Å². The normalized spacial score (nSPS) is 39.6. The first-order chi connectivity index (χ1) is 7.65. The van der Waals surface area contributed by atoms with Crippen LogP contribution in [0.5, 0.6) is 0 Å². The van der Waals surface area contributed by atoms with Gasteiger partial charge >= 0.3 is 0 Å². The predicted molar refractivity (Wildman–Crippen MR) is 72.0 cm³/mol. The predicted octanol–water partition coefficient (Wildman–Crippen LogP) is 3.36. The molecule has 0 unspecified atom stereocenters.